The number of benzene rings is 2. The molecule has 0 amide bonds. The van der Waals surface area contributed by atoms with Crippen molar-refractivity contribution in [3.05, 3.63) is 55.5 Å². The Balaban J connectivity index is 0.000000642. The van der Waals surface area contributed by atoms with Crippen LogP contribution in [0, 0.1) is 0 Å². The molecular weight excluding hydrogens is 582 g/mol. The van der Waals surface area contributed by atoms with E-state index in [0.717, 1.165) is 25.9 Å². The molecule has 0 fully saturated rings. The van der Waals surface area contributed by atoms with Crippen molar-refractivity contribution in [3.8, 4) is 11.5 Å². The average molecular weight is 612 g/mol. The molecule has 6 nitrogen and oxygen atoms in total. The van der Waals surface area contributed by atoms with Gasteiger partial charge in [0, 0.05) is 45.6 Å². The monoisotopic (exact) mass is 609 g/mol. The maximum atomic E-state index is 11.6. The molecule has 0 N–H and O–H groups in total. The molecule has 1 radical (unpaired) electrons. The van der Waals surface area contributed by atoms with E-state index in [2.05, 4.69) is 19.8 Å². The minimum atomic E-state index is -0.229. The zero-order chi connectivity index (χ0) is 25.7. The van der Waals surface area contributed by atoms with Gasteiger partial charge in [-0.15, -0.1) is 0 Å². The molecule has 0 aromatic heterocycles. The summed E-state index contributed by atoms with van der Waals surface area (Å²) in [6, 6.07) is 6.03. The maximum absolute atomic E-state index is 11.6. The van der Waals surface area contributed by atoms with Crippen molar-refractivity contribution in [1.82, 2.24) is 9.80 Å². The molecule has 11 heteroatoms. The Kier molecular flexibility index (Phi) is 17.7. The Morgan fingerprint density at radius 2 is 1.03 bits per heavy atom. The Hall–Kier alpha value is -1.02. The molecule has 0 saturated heterocycles. The second-order valence-electron chi connectivity index (χ2n) is 8.00. The van der Waals surface area contributed by atoms with Gasteiger partial charge in [-0.3, -0.25) is 9.98 Å². The van der Waals surface area contributed by atoms with E-state index in [1.807, 2.05) is 28.2 Å². The van der Waals surface area contributed by atoms with Crippen molar-refractivity contribution in [2.45, 2.75) is 12.8 Å². The second kappa shape index (κ2) is 18.3. The number of nitrogens with zero attached hydrogens (tertiary/aromatic N) is 4. The Labute approximate surface area is 239 Å². The topological polar surface area (TPSA) is 77.3 Å². The van der Waals surface area contributed by atoms with E-state index in [4.69, 9.17) is 46.4 Å². The molecule has 0 atom stereocenters. The summed E-state index contributed by atoms with van der Waals surface area (Å²) in [5.41, 5.74) is 0.875. The molecule has 0 aliphatic carbocycles. The summed E-state index contributed by atoms with van der Waals surface area (Å²) < 4.78 is 0. The van der Waals surface area contributed by atoms with E-state index in [1.54, 1.807) is 12.1 Å². The van der Waals surface area contributed by atoms with Gasteiger partial charge in [0.15, 0.2) is 0 Å². The largest absolute Gasteiger partial charge is 2.00 e. The summed E-state index contributed by atoms with van der Waals surface area (Å²) >= 11 is 23.1. The Bertz CT molecular complexity index is 896. The zero-order valence-electron chi connectivity index (χ0n) is 20.1. The van der Waals surface area contributed by atoms with Gasteiger partial charge in [0.25, 0.3) is 0 Å². The maximum Gasteiger partial charge on any atom is 2.00 e. The third-order valence-electron chi connectivity index (χ3n) is 4.32. The summed E-state index contributed by atoms with van der Waals surface area (Å²) in [7, 11) is 8.04. The third kappa shape index (κ3) is 14.3. The summed E-state index contributed by atoms with van der Waals surface area (Å²) in [6.45, 7) is 3.30. The van der Waals surface area contributed by atoms with Gasteiger partial charge in [0.05, 0.1) is 0 Å². The standard InChI is InChI=1S/2C12H16Cl2N2O.Cu/c2*1-16(2)5-3-4-15-8-9-6-10(13)7-11(14)12(9)17;/h2*6-8,17H,3-5H2,1-2H3;/q;;+2/p-2. The Morgan fingerprint density at radius 3 is 1.34 bits per heavy atom. The molecule has 0 bridgehead atoms. The predicted molar refractivity (Wildman–Crippen MR) is 143 cm³/mol. The van der Waals surface area contributed by atoms with Crippen molar-refractivity contribution in [3.63, 3.8) is 0 Å². The van der Waals surface area contributed by atoms with Crippen LogP contribution in [0.4, 0.5) is 0 Å². The fourth-order valence-electron chi connectivity index (χ4n) is 2.63. The summed E-state index contributed by atoms with van der Waals surface area (Å²) in [5, 5.41) is 24.4. The van der Waals surface area contributed by atoms with Crippen molar-refractivity contribution in [1.29, 1.82) is 0 Å². The van der Waals surface area contributed by atoms with Crippen molar-refractivity contribution in [2.24, 2.45) is 9.98 Å². The Morgan fingerprint density at radius 1 is 0.686 bits per heavy atom. The van der Waals surface area contributed by atoms with E-state index in [1.165, 1.54) is 24.6 Å². The van der Waals surface area contributed by atoms with Crippen molar-refractivity contribution < 1.29 is 27.3 Å². The first kappa shape index (κ1) is 34.0. The van der Waals surface area contributed by atoms with Crippen molar-refractivity contribution >= 4 is 58.8 Å². The van der Waals surface area contributed by atoms with E-state index in [-0.39, 0.29) is 38.6 Å². The third-order valence-corrected chi connectivity index (χ3v) is 5.32. The molecule has 0 aliphatic rings. The number of hydrogen-bond acceptors (Lipinski definition) is 6. The summed E-state index contributed by atoms with van der Waals surface area (Å²) in [6.07, 6.45) is 4.98. The molecule has 2 aromatic carbocycles. The van der Waals surface area contributed by atoms with Gasteiger partial charge in [-0.05, 0) is 89.5 Å². The van der Waals surface area contributed by atoms with E-state index in [9.17, 15) is 10.2 Å². The molecule has 197 valence electrons. The summed E-state index contributed by atoms with van der Waals surface area (Å²) in [4.78, 5) is 12.6. The molecule has 2 aromatic rings. The van der Waals surface area contributed by atoms with Crippen LogP contribution in [0.5, 0.6) is 11.5 Å². The van der Waals surface area contributed by atoms with Crippen LogP contribution in [-0.2, 0) is 17.1 Å². The van der Waals surface area contributed by atoms with Crippen molar-refractivity contribution in [2.75, 3.05) is 54.4 Å². The number of aliphatic imine (C=N–C) groups is 2. The molecule has 0 aliphatic heterocycles. The van der Waals surface area contributed by atoms with Crippen LogP contribution >= 0.6 is 46.4 Å². The first-order chi connectivity index (χ1) is 16.0. The van der Waals surface area contributed by atoms with Crippen LogP contribution in [0.25, 0.3) is 0 Å². The number of rotatable bonds is 10. The number of hydrogen-bond donors (Lipinski definition) is 0. The van der Waals surface area contributed by atoms with Crippen LogP contribution in [0.15, 0.2) is 34.3 Å². The van der Waals surface area contributed by atoms with Gasteiger partial charge in [-0.2, -0.15) is 0 Å². The van der Waals surface area contributed by atoms with E-state index >= 15 is 0 Å². The number of halogens is 4. The van der Waals surface area contributed by atoms with Gasteiger partial charge in [-0.1, -0.05) is 57.9 Å². The van der Waals surface area contributed by atoms with Crippen LogP contribution in [-0.4, -0.2) is 76.6 Å². The van der Waals surface area contributed by atoms with Crippen LogP contribution in [0.1, 0.15) is 24.0 Å². The quantitative estimate of drug-likeness (QED) is 0.218. The minimum Gasteiger partial charge on any atom is -0.871 e. The fraction of sp³-hybridized carbons (Fsp3) is 0.417. The zero-order valence-corrected chi connectivity index (χ0v) is 24.1. The van der Waals surface area contributed by atoms with Gasteiger partial charge < -0.3 is 20.0 Å². The van der Waals surface area contributed by atoms with Gasteiger partial charge in [0.2, 0.25) is 0 Å². The van der Waals surface area contributed by atoms with Crippen LogP contribution in [0.2, 0.25) is 20.1 Å². The smallest absolute Gasteiger partial charge is 0.871 e. The second-order valence-corrected chi connectivity index (χ2v) is 9.68. The van der Waals surface area contributed by atoms with E-state index < -0.39 is 0 Å². The molecule has 0 heterocycles. The van der Waals surface area contributed by atoms with E-state index in [0.29, 0.717) is 34.3 Å². The van der Waals surface area contributed by atoms with Gasteiger partial charge >= 0.3 is 17.1 Å². The molecule has 2 rings (SSSR count). The minimum absolute atomic E-state index is 0. The summed E-state index contributed by atoms with van der Waals surface area (Å²) in [5.74, 6) is -0.458. The predicted octanol–water partition coefficient (Wildman–Crippen LogP) is 4.87. The molecular formula is C24H30Cl4CuN4O2. The van der Waals surface area contributed by atoms with Gasteiger partial charge in [-0.25, -0.2) is 0 Å². The first-order valence-corrected chi connectivity index (χ1v) is 12.1. The van der Waals surface area contributed by atoms with Crippen LogP contribution < -0.4 is 10.2 Å². The van der Waals surface area contributed by atoms with Crippen LogP contribution in [0.3, 0.4) is 0 Å². The molecule has 35 heavy (non-hydrogen) atoms. The fourth-order valence-corrected chi connectivity index (χ4v) is 3.65. The first-order valence-electron chi connectivity index (χ1n) is 10.6. The molecule has 0 saturated carbocycles. The van der Waals surface area contributed by atoms with Gasteiger partial charge in [0.1, 0.15) is 0 Å². The normalized spacial score (nSPS) is 11.3. The SMILES string of the molecule is CN(C)CCCN=Cc1cc(Cl)cc(Cl)c1[O-].CN(C)CCCN=Cc1cc(Cl)cc(Cl)c1[O-].[Cu+2]. The molecule has 0 spiro atoms. The average Bonchev–Trinajstić information content (AvgIpc) is 2.74. The molecule has 0 unspecified atom stereocenters.